The molecule has 0 aliphatic carbocycles. The normalized spacial score (nSPS) is 9.60. The van der Waals surface area contributed by atoms with Gasteiger partial charge in [0.15, 0.2) is 0 Å². The molecule has 0 saturated heterocycles. The van der Waals surface area contributed by atoms with E-state index in [4.69, 9.17) is 0 Å². The molecular weight excluding hydrogens is 204 g/mol. The first-order valence-electron chi connectivity index (χ1n) is 3.91. The van der Waals surface area contributed by atoms with Crippen molar-refractivity contribution in [1.29, 1.82) is 0 Å². The molecular formula is C8H6N2O5. The van der Waals surface area contributed by atoms with Crippen molar-refractivity contribution in [3.63, 3.8) is 0 Å². The van der Waals surface area contributed by atoms with Crippen LogP contribution in [0.5, 0.6) is 0 Å². The minimum Gasteiger partial charge on any atom is -0.303 e. The first-order valence-corrected chi connectivity index (χ1v) is 3.91. The molecule has 1 aromatic rings. The SMILES string of the molecule is O=CCc1cc([N+](=O)[O-])cc([N+](=O)[O-])c1. The highest BCUT2D eigenvalue weighted by molar-refractivity contribution is 5.58. The quantitative estimate of drug-likeness (QED) is 0.422. The van der Waals surface area contributed by atoms with Gasteiger partial charge in [-0.15, -0.1) is 0 Å². The van der Waals surface area contributed by atoms with Gasteiger partial charge >= 0.3 is 0 Å². The lowest BCUT2D eigenvalue weighted by atomic mass is 10.1. The monoisotopic (exact) mass is 210 g/mol. The minimum absolute atomic E-state index is 0.0808. The topological polar surface area (TPSA) is 103 Å². The number of nitrogens with zero attached hydrogens (tertiary/aromatic N) is 2. The molecule has 0 N–H and O–H groups in total. The van der Waals surface area contributed by atoms with Crippen molar-refractivity contribution in [3.05, 3.63) is 44.0 Å². The third kappa shape index (κ3) is 2.56. The minimum atomic E-state index is -0.735. The van der Waals surface area contributed by atoms with Crippen LogP contribution in [0.1, 0.15) is 5.56 Å². The predicted octanol–water partition coefficient (Wildman–Crippen LogP) is 1.24. The summed E-state index contributed by atoms with van der Waals surface area (Å²) in [7, 11) is 0. The van der Waals surface area contributed by atoms with Gasteiger partial charge in [-0.1, -0.05) is 0 Å². The van der Waals surface area contributed by atoms with Gasteiger partial charge in [-0.05, 0) is 5.56 Å². The van der Waals surface area contributed by atoms with Gasteiger partial charge in [0, 0.05) is 18.6 Å². The zero-order valence-corrected chi connectivity index (χ0v) is 7.45. The summed E-state index contributed by atoms with van der Waals surface area (Å²) in [4.78, 5) is 29.6. The summed E-state index contributed by atoms with van der Waals surface area (Å²) in [6.07, 6.45) is 0.450. The lowest BCUT2D eigenvalue weighted by Gasteiger charge is -1.97. The van der Waals surface area contributed by atoms with E-state index < -0.39 is 9.85 Å². The number of non-ortho nitro benzene ring substituents is 2. The van der Waals surface area contributed by atoms with Crippen molar-refractivity contribution < 1.29 is 14.6 Å². The maximum Gasteiger partial charge on any atom is 0.276 e. The number of hydrogen-bond acceptors (Lipinski definition) is 5. The van der Waals surface area contributed by atoms with Crippen LogP contribution in [0.25, 0.3) is 0 Å². The van der Waals surface area contributed by atoms with Crippen LogP contribution in [-0.2, 0) is 11.2 Å². The summed E-state index contributed by atoms with van der Waals surface area (Å²) in [6.45, 7) is 0. The van der Waals surface area contributed by atoms with Crippen LogP contribution in [-0.4, -0.2) is 16.1 Å². The van der Waals surface area contributed by atoms with Crippen molar-refractivity contribution in [2.45, 2.75) is 6.42 Å². The van der Waals surface area contributed by atoms with E-state index in [0.717, 1.165) is 18.2 Å². The number of hydrogen-bond donors (Lipinski definition) is 0. The van der Waals surface area contributed by atoms with Crippen LogP contribution in [0.4, 0.5) is 11.4 Å². The Bertz CT molecular complexity index is 397. The number of benzene rings is 1. The number of nitro groups is 2. The third-order valence-electron chi connectivity index (χ3n) is 1.70. The molecule has 15 heavy (non-hydrogen) atoms. The van der Waals surface area contributed by atoms with Crippen LogP contribution in [0.2, 0.25) is 0 Å². The summed E-state index contributed by atoms with van der Waals surface area (Å²) in [6, 6.07) is 3.14. The number of nitro benzene ring substituents is 2. The molecule has 7 heteroatoms. The third-order valence-corrected chi connectivity index (χ3v) is 1.70. The lowest BCUT2D eigenvalue weighted by molar-refractivity contribution is -0.394. The van der Waals surface area contributed by atoms with E-state index in [1.54, 1.807) is 0 Å². The van der Waals surface area contributed by atoms with Gasteiger partial charge in [-0.25, -0.2) is 0 Å². The molecule has 0 unspecified atom stereocenters. The smallest absolute Gasteiger partial charge is 0.276 e. The highest BCUT2D eigenvalue weighted by Gasteiger charge is 2.15. The molecule has 0 fully saturated rings. The van der Waals surface area contributed by atoms with Gasteiger partial charge in [-0.3, -0.25) is 20.2 Å². The van der Waals surface area contributed by atoms with E-state index >= 15 is 0 Å². The zero-order valence-electron chi connectivity index (χ0n) is 7.45. The summed E-state index contributed by atoms with van der Waals surface area (Å²) < 4.78 is 0. The molecule has 1 rings (SSSR count). The van der Waals surface area contributed by atoms with Crippen LogP contribution in [0.3, 0.4) is 0 Å². The summed E-state index contributed by atoms with van der Waals surface area (Å²) in [5, 5.41) is 20.9. The van der Waals surface area contributed by atoms with E-state index in [2.05, 4.69) is 0 Å². The average molecular weight is 210 g/mol. The number of rotatable bonds is 4. The molecule has 0 radical (unpaired) electrons. The molecule has 0 bridgehead atoms. The molecule has 0 aliphatic heterocycles. The van der Waals surface area contributed by atoms with E-state index in [1.807, 2.05) is 0 Å². The Balaban J connectivity index is 3.25. The van der Waals surface area contributed by atoms with Gasteiger partial charge in [0.1, 0.15) is 6.29 Å². The van der Waals surface area contributed by atoms with Gasteiger partial charge in [0.05, 0.1) is 15.9 Å². The van der Waals surface area contributed by atoms with Crippen molar-refractivity contribution in [2.75, 3.05) is 0 Å². The Hall–Kier alpha value is -2.31. The largest absolute Gasteiger partial charge is 0.303 e. The molecule has 0 saturated carbocycles. The van der Waals surface area contributed by atoms with Gasteiger partial charge in [-0.2, -0.15) is 0 Å². The van der Waals surface area contributed by atoms with Gasteiger partial charge in [0.2, 0.25) is 0 Å². The van der Waals surface area contributed by atoms with Crippen LogP contribution < -0.4 is 0 Å². The lowest BCUT2D eigenvalue weighted by Crippen LogP contribution is -1.96. The fourth-order valence-electron chi connectivity index (χ4n) is 1.08. The molecule has 0 atom stereocenters. The van der Waals surface area contributed by atoms with Crippen molar-refractivity contribution >= 4 is 17.7 Å². The fourth-order valence-corrected chi connectivity index (χ4v) is 1.08. The molecule has 0 spiro atoms. The number of aldehydes is 1. The van der Waals surface area contributed by atoms with E-state index in [9.17, 15) is 25.0 Å². The Morgan fingerprint density at radius 2 is 1.53 bits per heavy atom. The zero-order chi connectivity index (χ0) is 11.4. The fraction of sp³-hybridized carbons (Fsp3) is 0.125. The summed E-state index contributed by atoms with van der Waals surface area (Å²) in [5.41, 5.74) is -0.520. The highest BCUT2D eigenvalue weighted by Crippen LogP contribution is 2.22. The standard InChI is InChI=1S/C8H6N2O5/c11-2-1-6-3-7(9(12)13)5-8(4-6)10(14)15/h2-5H,1H2. The first-order chi connectivity index (χ1) is 7.04. The van der Waals surface area contributed by atoms with E-state index in [0.29, 0.717) is 6.29 Å². The Morgan fingerprint density at radius 3 is 1.87 bits per heavy atom. The molecule has 1 aromatic carbocycles. The maximum atomic E-state index is 10.4. The summed E-state index contributed by atoms with van der Waals surface area (Å²) in [5.74, 6) is 0. The molecule has 0 aromatic heterocycles. The van der Waals surface area contributed by atoms with Crippen molar-refractivity contribution in [3.8, 4) is 0 Å². The second-order valence-electron chi connectivity index (χ2n) is 2.74. The predicted molar refractivity (Wildman–Crippen MR) is 49.5 cm³/mol. The molecule has 0 aliphatic rings. The molecule has 78 valence electrons. The maximum absolute atomic E-state index is 10.4. The molecule has 0 heterocycles. The molecule has 0 amide bonds. The Kier molecular flexibility index (Phi) is 3.06. The first kappa shape index (κ1) is 10.8. The van der Waals surface area contributed by atoms with Crippen molar-refractivity contribution in [1.82, 2.24) is 0 Å². The second-order valence-corrected chi connectivity index (χ2v) is 2.74. The van der Waals surface area contributed by atoms with Gasteiger partial charge in [0.25, 0.3) is 11.4 Å². The van der Waals surface area contributed by atoms with E-state index in [-0.39, 0.29) is 23.4 Å². The van der Waals surface area contributed by atoms with Crippen LogP contribution in [0, 0.1) is 20.2 Å². The van der Waals surface area contributed by atoms with E-state index in [1.165, 1.54) is 0 Å². The Morgan fingerprint density at radius 1 is 1.07 bits per heavy atom. The number of carbonyl (C=O) groups excluding carboxylic acids is 1. The van der Waals surface area contributed by atoms with Crippen LogP contribution >= 0.6 is 0 Å². The summed E-state index contributed by atoms with van der Waals surface area (Å²) >= 11 is 0. The van der Waals surface area contributed by atoms with Crippen molar-refractivity contribution in [2.24, 2.45) is 0 Å². The Labute approximate surface area is 83.6 Å². The number of carbonyl (C=O) groups is 1. The average Bonchev–Trinajstić information content (AvgIpc) is 2.17. The van der Waals surface area contributed by atoms with Gasteiger partial charge < -0.3 is 4.79 Å². The molecule has 7 nitrogen and oxygen atoms in total. The second kappa shape index (κ2) is 4.27. The van der Waals surface area contributed by atoms with Crippen LogP contribution in [0.15, 0.2) is 18.2 Å². The highest BCUT2D eigenvalue weighted by atomic mass is 16.6.